The van der Waals surface area contributed by atoms with Crippen LogP contribution in [0.25, 0.3) is 5.70 Å². The second-order valence-electron chi connectivity index (χ2n) is 5.08. The van der Waals surface area contributed by atoms with E-state index in [0.29, 0.717) is 11.4 Å². The van der Waals surface area contributed by atoms with Crippen molar-refractivity contribution in [2.75, 3.05) is 7.05 Å². The van der Waals surface area contributed by atoms with Gasteiger partial charge in [0, 0.05) is 18.2 Å². The van der Waals surface area contributed by atoms with Crippen LogP contribution >= 0.6 is 0 Å². The average Bonchev–Trinajstić information content (AvgIpc) is 2.99. The summed E-state index contributed by atoms with van der Waals surface area (Å²) in [5, 5.41) is 6.16. The Balaban J connectivity index is 1.82. The SMILES string of the molecule is CNC1=C(c2ccccc2)NC(c2ccc(C(F)(F)F)cc2)O1. The first-order valence-corrected chi connectivity index (χ1v) is 7.07. The zero-order chi connectivity index (χ0) is 16.4. The van der Waals surface area contributed by atoms with Gasteiger partial charge < -0.3 is 15.4 Å². The van der Waals surface area contributed by atoms with Crippen LogP contribution in [0, 0.1) is 0 Å². The first-order valence-electron chi connectivity index (χ1n) is 7.07. The van der Waals surface area contributed by atoms with Gasteiger partial charge in [0.15, 0.2) is 6.23 Å². The van der Waals surface area contributed by atoms with E-state index in [2.05, 4.69) is 10.6 Å². The van der Waals surface area contributed by atoms with Crippen molar-refractivity contribution in [3.8, 4) is 0 Å². The van der Waals surface area contributed by atoms with Crippen LogP contribution in [0.1, 0.15) is 22.9 Å². The number of benzene rings is 2. The summed E-state index contributed by atoms with van der Waals surface area (Å²) < 4.78 is 43.7. The Labute approximate surface area is 131 Å². The molecule has 0 bridgehead atoms. The fourth-order valence-corrected chi connectivity index (χ4v) is 2.40. The number of hydrogen-bond donors (Lipinski definition) is 2. The third-order valence-electron chi connectivity index (χ3n) is 3.57. The summed E-state index contributed by atoms with van der Waals surface area (Å²) in [6, 6.07) is 14.5. The van der Waals surface area contributed by atoms with E-state index in [9.17, 15) is 13.2 Å². The van der Waals surface area contributed by atoms with Gasteiger partial charge in [-0.2, -0.15) is 13.2 Å². The highest BCUT2D eigenvalue weighted by molar-refractivity contribution is 5.67. The molecule has 2 aromatic rings. The Morgan fingerprint density at radius 2 is 1.65 bits per heavy atom. The highest BCUT2D eigenvalue weighted by Crippen LogP contribution is 2.33. The highest BCUT2D eigenvalue weighted by atomic mass is 19.4. The largest absolute Gasteiger partial charge is 0.450 e. The smallest absolute Gasteiger partial charge is 0.416 e. The van der Waals surface area contributed by atoms with Crippen LogP contribution in [0.4, 0.5) is 13.2 Å². The summed E-state index contributed by atoms with van der Waals surface area (Å²) in [5.41, 5.74) is 1.66. The summed E-state index contributed by atoms with van der Waals surface area (Å²) in [6.45, 7) is 0. The fourth-order valence-electron chi connectivity index (χ4n) is 2.40. The summed E-state index contributed by atoms with van der Waals surface area (Å²) in [5.74, 6) is 0.557. The van der Waals surface area contributed by atoms with E-state index in [1.807, 2.05) is 30.3 Å². The number of nitrogens with one attached hydrogen (secondary N) is 2. The molecule has 23 heavy (non-hydrogen) atoms. The van der Waals surface area contributed by atoms with Gasteiger partial charge in [-0.05, 0) is 12.1 Å². The van der Waals surface area contributed by atoms with Crippen molar-refractivity contribution in [1.82, 2.24) is 10.6 Å². The molecule has 1 aliphatic heterocycles. The molecule has 2 N–H and O–H groups in total. The third-order valence-corrected chi connectivity index (χ3v) is 3.57. The average molecular weight is 320 g/mol. The van der Waals surface area contributed by atoms with E-state index in [1.54, 1.807) is 7.05 Å². The van der Waals surface area contributed by atoms with Crippen LogP contribution < -0.4 is 10.6 Å². The molecule has 3 rings (SSSR count). The van der Waals surface area contributed by atoms with Crippen LogP contribution in [0.5, 0.6) is 0 Å². The molecule has 3 nitrogen and oxygen atoms in total. The molecule has 0 aromatic heterocycles. The summed E-state index contributed by atoms with van der Waals surface area (Å²) in [7, 11) is 1.73. The van der Waals surface area contributed by atoms with Crippen molar-refractivity contribution < 1.29 is 17.9 Å². The lowest BCUT2D eigenvalue weighted by Crippen LogP contribution is -2.15. The van der Waals surface area contributed by atoms with Gasteiger partial charge in [-0.25, -0.2) is 0 Å². The summed E-state index contributed by atoms with van der Waals surface area (Å²) in [6.07, 6.45) is -4.87. The number of hydrogen-bond acceptors (Lipinski definition) is 3. The molecule has 6 heteroatoms. The number of ether oxygens (including phenoxy) is 1. The van der Waals surface area contributed by atoms with E-state index < -0.39 is 18.0 Å². The summed E-state index contributed by atoms with van der Waals surface area (Å²) in [4.78, 5) is 0. The van der Waals surface area contributed by atoms with Gasteiger partial charge in [0.1, 0.15) is 5.70 Å². The Bertz CT molecular complexity index is 709. The fraction of sp³-hybridized carbons (Fsp3) is 0.176. The molecule has 2 aromatic carbocycles. The molecular weight excluding hydrogens is 305 g/mol. The molecule has 0 spiro atoms. The maximum Gasteiger partial charge on any atom is 0.416 e. The molecule has 0 aliphatic carbocycles. The predicted octanol–water partition coefficient (Wildman–Crippen LogP) is 3.87. The Kier molecular flexibility index (Phi) is 3.90. The quantitative estimate of drug-likeness (QED) is 0.901. The van der Waals surface area contributed by atoms with Gasteiger partial charge in [0.25, 0.3) is 0 Å². The number of rotatable bonds is 3. The maximum absolute atomic E-state index is 12.6. The van der Waals surface area contributed by atoms with Crippen LogP contribution in [0.15, 0.2) is 60.5 Å². The lowest BCUT2D eigenvalue weighted by molar-refractivity contribution is -0.137. The topological polar surface area (TPSA) is 33.3 Å². The van der Waals surface area contributed by atoms with Crippen molar-refractivity contribution in [3.63, 3.8) is 0 Å². The van der Waals surface area contributed by atoms with Crippen LogP contribution in [0.3, 0.4) is 0 Å². The molecule has 1 unspecified atom stereocenters. The summed E-state index contributed by atoms with van der Waals surface area (Å²) >= 11 is 0. The van der Waals surface area contributed by atoms with Crippen LogP contribution in [0.2, 0.25) is 0 Å². The van der Waals surface area contributed by atoms with E-state index in [1.165, 1.54) is 12.1 Å². The molecule has 0 radical (unpaired) electrons. The van der Waals surface area contributed by atoms with Gasteiger partial charge in [0.05, 0.1) is 5.56 Å². The van der Waals surface area contributed by atoms with Crippen LogP contribution in [-0.4, -0.2) is 7.05 Å². The molecule has 1 heterocycles. The second kappa shape index (κ2) is 5.87. The lowest BCUT2D eigenvalue weighted by Gasteiger charge is -2.14. The molecular formula is C17H15F3N2O. The Morgan fingerprint density at radius 1 is 1.00 bits per heavy atom. The normalized spacial score (nSPS) is 17.7. The van der Waals surface area contributed by atoms with E-state index in [-0.39, 0.29) is 0 Å². The Hall–Kier alpha value is -2.63. The minimum Gasteiger partial charge on any atom is -0.450 e. The van der Waals surface area contributed by atoms with Gasteiger partial charge in [-0.1, -0.05) is 42.5 Å². The van der Waals surface area contributed by atoms with E-state index >= 15 is 0 Å². The third kappa shape index (κ3) is 3.11. The first-order chi connectivity index (χ1) is 11.0. The zero-order valence-corrected chi connectivity index (χ0v) is 12.3. The zero-order valence-electron chi connectivity index (χ0n) is 12.3. The second-order valence-corrected chi connectivity index (χ2v) is 5.08. The highest BCUT2D eigenvalue weighted by Gasteiger charge is 2.31. The molecule has 1 aliphatic rings. The lowest BCUT2D eigenvalue weighted by atomic mass is 10.1. The standard InChI is InChI=1S/C17H15F3N2O/c1-21-16-14(11-5-3-2-4-6-11)22-15(23-16)12-7-9-13(10-8-12)17(18,19)20/h2-10,15,21-22H,1H3. The first kappa shape index (κ1) is 15.3. The van der Waals surface area contributed by atoms with Gasteiger partial charge in [-0.15, -0.1) is 0 Å². The van der Waals surface area contributed by atoms with Crippen molar-refractivity contribution in [3.05, 3.63) is 77.2 Å². The van der Waals surface area contributed by atoms with Gasteiger partial charge in [-0.3, -0.25) is 0 Å². The van der Waals surface area contributed by atoms with E-state index in [0.717, 1.165) is 23.4 Å². The minimum absolute atomic E-state index is 0.532. The molecule has 0 saturated heterocycles. The van der Waals surface area contributed by atoms with E-state index in [4.69, 9.17) is 4.74 Å². The van der Waals surface area contributed by atoms with Crippen molar-refractivity contribution in [1.29, 1.82) is 0 Å². The van der Waals surface area contributed by atoms with Crippen LogP contribution in [-0.2, 0) is 10.9 Å². The molecule has 120 valence electrons. The Morgan fingerprint density at radius 3 is 2.22 bits per heavy atom. The number of alkyl halides is 3. The number of halogens is 3. The van der Waals surface area contributed by atoms with Gasteiger partial charge >= 0.3 is 6.18 Å². The monoisotopic (exact) mass is 320 g/mol. The molecule has 1 atom stereocenters. The molecule has 0 saturated carbocycles. The van der Waals surface area contributed by atoms with Crippen molar-refractivity contribution in [2.24, 2.45) is 0 Å². The minimum atomic E-state index is -4.34. The maximum atomic E-state index is 12.6. The van der Waals surface area contributed by atoms with Gasteiger partial charge in [0.2, 0.25) is 5.88 Å². The van der Waals surface area contributed by atoms with Crippen molar-refractivity contribution >= 4 is 5.70 Å². The molecule has 0 fully saturated rings. The van der Waals surface area contributed by atoms with Crippen molar-refractivity contribution in [2.45, 2.75) is 12.4 Å². The molecule has 0 amide bonds. The predicted molar refractivity (Wildman–Crippen MR) is 80.8 cm³/mol.